The topological polar surface area (TPSA) is 53.1 Å². The van der Waals surface area contributed by atoms with Gasteiger partial charge in [-0.25, -0.2) is 4.68 Å². The van der Waals surface area contributed by atoms with Crippen molar-refractivity contribution in [2.24, 2.45) is 7.05 Å². The van der Waals surface area contributed by atoms with E-state index in [9.17, 15) is 0 Å². The molecule has 0 spiro atoms. The highest BCUT2D eigenvalue weighted by Gasteiger charge is 2.15. The second kappa shape index (κ2) is 5.05. The van der Waals surface area contributed by atoms with Crippen LogP contribution in [0.5, 0.6) is 5.88 Å². The number of rotatable bonds is 5. The molecule has 2 N–H and O–H groups in total. The smallest absolute Gasteiger partial charge is 0.236 e. The summed E-state index contributed by atoms with van der Waals surface area (Å²) in [5.41, 5.74) is 7.62. The number of hydrogen-bond donors (Lipinski definition) is 1. The highest BCUT2D eigenvalue weighted by Crippen LogP contribution is 2.26. The van der Waals surface area contributed by atoms with Gasteiger partial charge in [-0.2, -0.15) is 5.10 Å². The number of aromatic nitrogens is 2. The van der Waals surface area contributed by atoms with E-state index in [2.05, 4.69) is 18.9 Å². The van der Waals surface area contributed by atoms with Crippen molar-refractivity contribution >= 4 is 5.69 Å². The lowest BCUT2D eigenvalue weighted by molar-refractivity contribution is 0.200. The van der Waals surface area contributed by atoms with Gasteiger partial charge in [0.1, 0.15) is 5.69 Å². The maximum atomic E-state index is 5.98. The third-order valence-electron chi connectivity index (χ3n) is 2.48. The van der Waals surface area contributed by atoms with E-state index in [4.69, 9.17) is 10.5 Å². The first-order chi connectivity index (χ1) is 7.10. The molecule has 86 valence electrons. The summed E-state index contributed by atoms with van der Waals surface area (Å²) in [6.45, 7) is 6.24. The summed E-state index contributed by atoms with van der Waals surface area (Å²) >= 11 is 0. The zero-order valence-corrected chi connectivity index (χ0v) is 10.1. The van der Waals surface area contributed by atoms with Crippen LogP contribution in [0.25, 0.3) is 0 Å². The number of ether oxygens (including phenoxy) is 1. The van der Waals surface area contributed by atoms with Crippen molar-refractivity contribution in [1.82, 2.24) is 9.78 Å². The van der Waals surface area contributed by atoms with Crippen molar-refractivity contribution in [2.75, 3.05) is 5.73 Å². The fourth-order valence-electron chi connectivity index (χ4n) is 1.41. The molecule has 0 aliphatic carbocycles. The van der Waals surface area contributed by atoms with Crippen molar-refractivity contribution in [2.45, 2.75) is 46.1 Å². The molecule has 0 saturated carbocycles. The number of hydrogen-bond acceptors (Lipinski definition) is 3. The van der Waals surface area contributed by atoms with E-state index < -0.39 is 0 Å². The van der Waals surface area contributed by atoms with E-state index in [0.29, 0.717) is 11.6 Å². The molecular weight excluding hydrogens is 190 g/mol. The first-order valence-electron chi connectivity index (χ1n) is 5.58. The van der Waals surface area contributed by atoms with Crippen molar-refractivity contribution in [3.63, 3.8) is 0 Å². The van der Waals surface area contributed by atoms with Gasteiger partial charge in [-0.3, -0.25) is 0 Å². The summed E-state index contributed by atoms with van der Waals surface area (Å²) in [6.07, 6.45) is 3.10. The predicted molar refractivity (Wildman–Crippen MR) is 62.0 cm³/mol. The van der Waals surface area contributed by atoms with Crippen LogP contribution < -0.4 is 10.5 Å². The molecule has 0 saturated heterocycles. The van der Waals surface area contributed by atoms with E-state index in [1.807, 2.05) is 14.0 Å². The van der Waals surface area contributed by atoms with Crippen LogP contribution in [-0.4, -0.2) is 15.9 Å². The Morgan fingerprint density at radius 3 is 2.67 bits per heavy atom. The number of nitrogen functional groups attached to an aromatic ring is 1. The fourth-order valence-corrected chi connectivity index (χ4v) is 1.41. The molecule has 0 radical (unpaired) electrons. The lowest BCUT2D eigenvalue weighted by atomic mass is 10.2. The standard InChI is InChI=1S/C11H21N3O/c1-5-7-9-10(12)11(14(4)13-9)15-8(3)6-2/h8H,5-7,12H2,1-4H3. The molecule has 0 aliphatic heterocycles. The van der Waals surface area contributed by atoms with Gasteiger partial charge in [-0.1, -0.05) is 20.3 Å². The molecule has 1 unspecified atom stereocenters. The Morgan fingerprint density at radius 1 is 1.47 bits per heavy atom. The Bertz CT molecular complexity index is 320. The quantitative estimate of drug-likeness (QED) is 0.811. The second-order valence-electron chi connectivity index (χ2n) is 3.88. The van der Waals surface area contributed by atoms with Crippen LogP contribution in [0.3, 0.4) is 0 Å². The zero-order valence-electron chi connectivity index (χ0n) is 10.1. The Morgan fingerprint density at radius 2 is 2.13 bits per heavy atom. The first kappa shape index (κ1) is 11.9. The Kier molecular flexibility index (Phi) is 4.00. The Balaban J connectivity index is 2.87. The van der Waals surface area contributed by atoms with Gasteiger partial charge in [0.2, 0.25) is 5.88 Å². The zero-order chi connectivity index (χ0) is 11.4. The lowest BCUT2D eigenvalue weighted by Gasteiger charge is -2.12. The second-order valence-corrected chi connectivity index (χ2v) is 3.88. The van der Waals surface area contributed by atoms with Gasteiger partial charge in [-0.05, 0) is 19.8 Å². The van der Waals surface area contributed by atoms with Crippen LogP contribution in [0.1, 0.15) is 39.3 Å². The summed E-state index contributed by atoms with van der Waals surface area (Å²) in [7, 11) is 1.87. The molecule has 1 aromatic rings. The van der Waals surface area contributed by atoms with Gasteiger partial charge in [0.05, 0.1) is 11.8 Å². The molecule has 4 heteroatoms. The van der Waals surface area contributed by atoms with E-state index in [1.54, 1.807) is 4.68 Å². The molecule has 0 amide bonds. The molecule has 0 fully saturated rings. The molecule has 1 heterocycles. The molecular formula is C11H21N3O. The van der Waals surface area contributed by atoms with Gasteiger partial charge in [0.15, 0.2) is 0 Å². The van der Waals surface area contributed by atoms with Gasteiger partial charge in [0, 0.05) is 7.05 Å². The molecule has 0 aliphatic rings. The first-order valence-corrected chi connectivity index (χ1v) is 5.58. The normalized spacial score (nSPS) is 12.8. The van der Waals surface area contributed by atoms with Crippen molar-refractivity contribution < 1.29 is 4.74 Å². The van der Waals surface area contributed by atoms with Crippen molar-refractivity contribution in [3.8, 4) is 5.88 Å². The number of nitrogens with two attached hydrogens (primary N) is 1. The van der Waals surface area contributed by atoms with E-state index >= 15 is 0 Å². The van der Waals surface area contributed by atoms with Gasteiger partial charge in [-0.15, -0.1) is 0 Å². The molecule has 1 rings (SSSR count). The van der Waals surface area contributed by atoms with Crippen LogP contribution in [0.15, 0.2) is 0 Å². The summed E-state index contributed by atoms with van der Waals surface area (Å²) < 4.78 is 7.46. The van der Waals surface area contributed by atoms with Crippen LogP contribution in [-0.2, 0) is 13.5 Å². The summed E-state index contributed by atoms with van der Waals surface area (Å²) in [5.74, 6) is 0.702. The Labute approximate surface area is 91.4 Å². The third-order valence-corrected chi connectivity index (χ3v) is 2.48. The average Bonchev–Trinajstić information content (AvgIpc) is 2.46. The van der Waals surface area contributed by atoms with E-state index in [1.165, 1.54) is 0 Å². The maximum absolute atomic E-state index is 5.98. The predicted octanol–water partition coefficient (Wildman–Crippen LogP) is 2.13. The SMILES string of the molecule is CCCc1nn(C)c(OC(C)CC)c1N. The highest BCUT2D eigenvalue weighted by molar-refractivity contribution is 5.53. The molecule has 0 aromatic carbocycles. The van der Waals surface area contributed by atoms with Crippen LogP contribution in [0, 0.1) is 0 Å². The molecule has 0 bridgehead atoms. The number of aryl methyl sites for hydroxylation is 2. The van der Waals surface area contributed by atoms with E-state index in [0.717, 1.165) is 25.0 Å². The Hall–Kier alpha value is -1.19. The summed E-state index contributed by atoms with van der Waals surface area (Å²) in [5, 5.41) is 4.35. The van der Waals surface area contributed by atoms with Crippen molar-refractivity contribution in [1.29, 1.82) is 0 Å². The van der Waals surface area contributed by atoms with Crippen molar-refractivity contribution in [3.05, 3.63) is 5.69 Å². The fraction of sp³-hybridized carbons (Fsp3) is 0.727. The minimum absolute atomic E-state index is 0.178. The molecule has 1 atom stereocenters. The number of nitrogens with zero attached hydrogens (tertiary/aromatic N) is 2. The molecule has 15 heavy (non-hydrogen) atoms. The average molecular weight is 211 g/mol. The minimum Gasteiger partial charge on any atom is -0.473 e. The largest absolute Gasteiger partial charge is 0.473 e. The molecule has 1 aromatic heterocycles. The van der Waals surface area contributed by atoms with Crippen LogP contribution in [0.2, 0.25) is 0 Å². The van der Waals surface area contributed by atoms with E-state index in [-0.39, 0.29) is 6.10 Å². The maximum Gasteiger partial charge on any atom is 0.236 e. The van der Waals surface area contributed by atoms with Crippen LogP contribution in [0.4, 0.5) is 5.69 Å². The third kappa shape index (κ3) is 2.64. The summed E-state index contributed by atoms with van der Waals surface area (Å²) in [6, 6.07) is 0. The highest BCUT2D eigenvalue weighted by atomic mass is 16.5. The molecule has 4 nitrogen and oxygen atoms in total. The number of anilines is 1. The van der Waals surface area contributed by atoms with Gasteiger partial charge < -0.3 is 10.5 Å². The monoisotopic (exact) mass is 211 g/mol. The van der Waals surface area contributed by atoms with Gasteiger partial charge >= 0.3 is 0 Å². The van der Waals surface area contributed by atoms with Gasteiger partial charge in [0.25, 0.3) is 0 Å². The minimum atomic E-state index is 0.178. The van der Waals surface area contributed by atoms with Crippen LogP contribution >= 0.6 is 0 Å². The summed E-state index contributed by atoms with van der Waals surface area (Å²) in [4.78, 5) is 0. The lowest BCUT2D eigenvalue weighted by Crippen LogP contribution is -2.13.